The molecule has 0 bridgehead atoms. The van der Waals surface area contributed by atoms with Gasteiger partial charge in [0.2, 0.25) is 0 Å². The summed E-state index contributed by atoms with van der Waals surface area (Å²) in [6.45, 7) is 6.29. The van der Waals surface area contributed by atoms with E-state index in [4.69, 9.17) is 10.5 Å². The number of carboxylic acid groups (broad SMARTS) is 1. The number of hydrogen-bond donors (Lipinski definition) is 1. The summed E-state index contributed by atoms with van der Waals surface area (Å²) >= 11 is 0. The summed E-state index contributed by atoms with van der Waals surface area (Å²) in [6, 6.07) is 0. The van der Waals surface area contributed by atoms with Gasteiger partial charge in [-0.3, -0.25) is 4.79 Å². The maximum absolute atomic E-state index is 11.2. The van der Waals surface area contributed by atoms with Gasteiger partial charge in [-0.05, 0) is 27.7 Å². The summed E-state index contributed by atoms with van der Waals surface area (Å²) in [5, 5.41) is 10.5. The van der Waals surface area contributed by atoms with E-state index in [-0.39, 0.29) is 0 Å². The molecule has 14 heavy (non-hydrogen) atoms. The molecule has 0 aliphatic rings. The molecular weight excluding hydrogens is 186 g/mol. The fraction of sp³-hybridized carbons (Fsp3) is 0.778. The Kier molecular flexibility index (Phi) is 3.65. The molecule has 82 valence electrons. The fourth-order valence-electron chi connectivity index (χ4n) is 0.750. The van der Waals surface area contributed by atoms with E-state index >= 15 is 0 Å². The monoisotopic (exact) mass is 202 g/mol. The first kappa shape index (κ1) is 12.9. The third kappa shape index (κ3) is 4.81. The van der Waals surface area contributed by atoms with Gasteiger partial charge in [-0.25, -0.2) is 0 Å². The topological polar surface area (TPSA) is 92.5 Å². The van der Waals surface area contributed by atoms with E-state index in [2.05, 4.69) is 0 Å². The van der Waals surface area contributed by atoms with Gasteiger partial charge in [0.05, 0.1) is 17.9 Å². The van der Waals surface area contributed by atoms with Crippen LogP contribution in [-0.4, -0.2) is 23.1 Å². The van der Waals surface area contributed by atoms with Gasteiger partial charge >= 0.3 is 5.97 Å². The van der Waals surface area contributed by atoms with Gasteiger partial charge in [0.1, 0.15) is 5.60 Å². The Bertz CT molecular complexity index is 240. The molecule has 0 rings (SSSR count). The van der Waals surface area contributed by atoms with Gasteiger partial charge in [0, 0.05) is 0 Å². The number of hydrogen-bond acceptors (Lipinski definition) is 5. The Labute approximate surface area is 83.2 Å². The van der Waals surface area contributed by atoms with Crippen LogP contribution in [0, 0.1) is 0 Å². The minimum atomic E-state index is -1.68. The van der Waals surface area contributed by atoms with Crippen LogP contribution in [0.15, 0.2) is 0 Å². The maximum atomic E-state index is 11.2. The van der Waals surface area contributed by atoms with E-state index in [9.17, 15) is 14.7 Å². The van der Waals surface area contributed by atoms with Crippen molar-refractivity contribution >= 4 is 11.9 Å². The van der Waals surface area contributed by atoms with Gasteiger partial charge < -0.3 is 20.4 Å². The molecule has 0 fully saturated rings. The largest absolute Gasteiger partial charge is 0.548 e. The van der Waals surface area contributed by atoms with E-state index in [1.54, 1.807) is 20.8 Å². The van der Waals surface area contributed by atoms with Crippen molar-refractivity contribution in [1.29, 1.82) is 0 Å². The number of aliphatic carboxylic acids is 1. The molecule has 0 saturated carbocycles. The zero-order chi connectivity index (χ0) is 11.6. The number of carbonyl (C=O) groups is 2. The number of carboxylic acids is 1. The van der Waals surface area contributed by atoms with Crippen molar-refractivity contribution in [2.45, 2.75) is 45.3 Å². The average Bonchev–Trinajstić information content (AvgIpc) is 1.79. The molecule has 0 aliphatic heterocycles. The van der Waals surface area contributed by atoms with E-state index in [1.807, 2.05) is 0 Å². The van der Waals surface area contributed by atoms with Crippen molar-refractivity contribution in [2.75, 3.05) is 0 Å². The third-order valence-corrected chi connectivity index (χ3v) is 1.40. The standard InChI is InChI=1S/C9H17NO4/c1-8(2,3)14-6(11)5-9(4,10)7(12)13/h5,10H2,1-4H3,(H,12,13)/p-1/t9-/m1/s1. The smallest absolute Gasteiger partial charge is 0.308 e. The Morgan fingerprint density at radius 3 is 2.00 bits per heavy atom. The van der Waals surface area contributed by atoms with Crippen LogP contribution in [0.1, 0.15) is 34.1 Å². The fourth-order valence-corrected chi connectivity index (χ4v) is 0.750. The number of esters is 1. The predicted molar refractivity (Wildman–Crippen MR) is 48.1 cm³/mol. The van der Waals surface area contributed by atoms with Crippen LogP contribution in [0.2, 0.25) is 0 Å². The SMILES string of the molecule is CC(C)(C)OC(=O)C[C@@](C)(N)C(=O)[O-]. The number of rotatable bonds is 3. The van der Waals surface area contributed by atoms with Crippen molar-refractivity contribution in [1.82, 2.24) is 0 Å². The predicted octanol–water partition coefficient (Wildman–Crippen LogP) is -0.814. The molecule has 0 aliphatic carbocycles. The first-order chi connectivity index (χ1) is 6.04. The number of ether oxygens (including phenoxy) is 1. The highest BCUT2D eigenvalue weighted by Crippen LogP contribution is 2.12. The van der Waals surface area contributed by atoms with Crippen LogP contribution in [0.25, 0.3) is 0 Å². The highest BCUT2D eigenvalue weighted by molar-refractivity contribution is 5.83. The summed E-state index contributed by atoms with van der Waals surface area (Å²) in [7, 11) is 0. The van der Waals surface area contributed by atoms with Crippen molar-refractivity contribution in [3.8, 4) is 0 Å². The Morgan fingerprint density at radius 2 is 1.71 bits per heavy atom. The zero-order valence-electron chi connectivity index (χ0n) is 8.92. The third-order valence-electron chi connectivity index (χ3n) is 1.40. The van der Waals surface area contributed by atoms with Crippen LogP contribution >= 0.6 is 0 Å². The molecule has 0 aromatic carbocycles. The second-order valence-electron chi connectivity index (χ2n) is 4.47. The molecule has 5 heteroatoms. The van der Waals surface area contributed by atoms with Crippen LogP contribution in [0.4, 0.5) is 0 Å². The highest BCUT2D eigenvalue weighted by Gasteiger charge is 2.27. The Balaban J connectivity index is 4.27. The van der Waals surface area contributed by atoms with Gasteiger partial charge in [0.15, 0.2) is 0 Å². The molecule has 0 radical (unpaired) electrons. The molecule has 2 N–H and O–H groups in total. The van der Waals surface area contributed by atoms with Crippen molar-refractivity contribution in [3.05, 3.63) is 0 Å². The molecule has 5 nitrogen and oxygen atoms in total. The molecule has 0 aromatic heterocycles. The lowest BCUT2D eigenvalue weighted by molar-refractivity contribution is -0.312. The summed E-state index contributed by atoms with van der Waals surface area (Å²) in [5.41, 5.74) is 3.00. The van der Waals surface area contributed by atoms with Crippen LogP contribution < -0.4 is 10.8 Å². The van der Waals surface area contributed by atoms with E-state index in [1.165, 1.54) is 6.92 Å². The lowest BCUT2D eigenvalue weighted by Gasteiger charge is -2.27. The van der Waals surface area contributed by atoms with E-state index in [0.29, 0.717) is 0 Å². The molecule has 0 amide bonds. The molecular formula is C9H16NO4-. The second-order valence-corrected chi connectivity index (χ2v) is 4.47. The molecule has 0 unspecified atom stereocenters. The maximum Gasteiger partial charge on any atom is 0.308 e. The lowest BCUT2D eigenvalue weighted by atomic mass is 10.00. The minimum Gasteiger partial charge on any atom is -0.548 e. The molecule has 0 saturated heterocycles. The minimum absolute atomic E-state index is 0.396. The number of carbonyl (C=O) groups excluding carboxylic acids is 2. The molecule has 0 aromatic rings. The van der Waals surface area contributed by atoms with Crippen molar-refractivity contribution in [2.24, 2.45) is 5.73 Å². The zero-order valence-corrected chi connectivity index (χ0v) is 8.92. The molecule has 0 heterocycles. The van der Waals surface area contributed by atoms with Crippen LogP contribution in [0.5, 0.6) is 0 Å². The van der Waals surface area contributed by atoms with E-state index < -0.39 is 29.5 Å². The Hall–Kier alpha value is -1.10. The molecule has 0 spiro atoms. The van der Waals surface area contributed by atoms with Crippen molar-refractivity contribution in [3.63, 3.8) is 0 Å². The van der Waals surface area contributed by atoms with Gasteiger partial charge in [-0.2, -0.15) is 0 Å². The van der Waals surface area contributed by atoms with Crippen LogP contribution in [0.3, 0.4) is 0 Å². The second kappa shape index (κ2) is 3.96. The first-order valence-corrected chi connectivity index (χ1v) is 4.27. The average molecular weight is 202 g/mol. The highest BCUT2D eigenvalue weighted by atomic mass is 16.6. The normalized spacial score (nSPS) is 15.8. The van der Waals surface area contributed by atoms with Gasteiger partial charge in [-0.1, -0.05) is 0 Å². The molecule has 1 atom stereocenters. The summed E-state index contributed by atoms with van der Waals surface area (Å²) < 4.78 is 4.91. The summed E-state index contributed by atoms with van der Waals surface area (Å²) in [5.74, 6) is -2.12. The van der Waals surface area contributed by atoms with Crippen LogP contribution in [-0.2, 0) is 14.3 Å². The van der Waals surface area contributed by atoms with Gasteiger partial charge in [-0.15, -0.1) is 0 Å². The summed E-state index contributed by atoms with van der Waals surface area (Å²) in [6.07, 6.45) is -0.396. The summed E-state index contributed by atoms with van der Waals surface area (Å²) in [4.78, 5) is 21.7. The Morgan fingerprint density at radius 1 is 1.29 bits per heavy atom. The lowest BCUT2D eigenvalue weighted by Crippen LogP contribution is -2.54. The quantitative estimate of drug-likeness (QED) is 0.604. The van der Waals surface area contributed by atoms with Gasteiger partial charge in [0.25, 0.3) is 0 Å². The first-order valence-electron chi connectivity index (χ1n) is 4.27. The van der Waals surface area contributed by atoms with E-state index in [0.717, 1.165) is 0 Å². The van der Waals surface area contributed by atoms with Crippen molar-refractivity contribution < 1.29 is 19.4 Å². The number of nitrogens with two attached hydrogens (primary N) is 1.